The molecule has 144 valence electrons. The van der Waals surface area contributed by atoms with E-state index in [0.717, 1.165) is 10.1 Å². The van der Waals surface area contributed by atoms with Crippen molar-refractivity contribution in [3.8, 4) is 11.6 Å². The predicted octanol–water partition coefficient (Wildman–Crippen LogP) is 1.91. The van der Waals surface area contributed by atoms with E-state index in [0.29, 0.717) is 17.1 Å². The second kappa shape index (κ2) is 8.69. The number of H-pyrrole nitrogens is 1. The van der Waals surface area contributed by atoms with Gasteiger partial charge in [-0.3, -0.25) is 14.8 Å². The van der Waals surface area contributed by atoms with Gasteiger partial charge >= 0.3 is 5.69 Å². The molecule has 0 fully saturated rings. The van der Waals surface area contributed by atoms with E-state index in [1.165, 1.54) is 12.3 Å². The molecule has 0 aliphatic rings. The monoisotopic (exact) mass is 399 g/mol. The van der Waals surface area contributed by atoms with Gasteiger partial charge < -0.3 is 10.2 Å². The molecule has 1 atom stereocenters. The highest BCUT2D eigenvalue weighted by Crippen LogP contribution is 2.19. The normalized spacial score (nSPS) is 12.4. The molecule has 0 bridgehead atoms. The van der Waals surface area contributed by atoms with Gasteiger partial charge in [0.05, 0.1) is 18.3 Å². The lowest BCUT2D eigenvalue weighted by atomic mass is 10.1. The second-order valence-electron chi connectivity index (χ2n) is 6.12. The standard InChI is InChI=1S/C20H18ClN3O4/c21-14-7-4-8-16(10-14)24-19(27)17(18(26)23-20(24)28)11-22-15(12-25)9-13-5-2-1-3-6-13/h1-8,10-11,15,25,27H,9,12H2,(H,23,26,28)/t15-/m0/s1. The molecule has 0 saturated carbocycles. The first-order valence-electron chi connectivity index (χ1n) is 8.52. The number of hydrogen-bond acceptors (Lipinski definition) is 5. The summed E-state index contributed by atoms with van der Waals surface area (Å²) in [7, 11) is 0. The summed E-state index contributed by atoms with van der Waals surface area (Å²) < 4.78 is 0.930. The molecule has 3 aromatic rings. The summed E-state index contributed by atoms with van der Waals surface area (Å²) >= 11 is 5.95. The third kappa shape index (κ3) is 4.39. The van der Waals surface area contributed by atoms with E-state index in [1.54, 1.807) is 18.2 Å². The van der Waals surface area contributed by atoms with Crippen molar-refractivity contribution in [1.29, 1.82) is 0 Å². The van der Waals surface area contributed by atoms with Crippen molar-refractivity contribution in [3.05, 3.63) is 91.6 Å². The Bertz CT molecular complexity index is 1110. The van der Waals surface area contributed by atoms with Crippen LogP contribution in [0.1, 0.15) is 11.1 Å². The van der Waals surface area contributed by atoms with Gasteiger partial charge in [0, 0.05) is 11.2 Å². The van der Waals surface area contributed by atoms with Gasteiger partial charge in [-0.2, -0.15) is 0 Å². The summed E-state index contributed by atoms with van der Waals surface area (Å²) in [6.45, 7) is -0.238. The molecule has 0 spiro atoms. The molecule has 3 rings (SSSR count). The molecule has 0 unspecified atom stereocenters. The maximum atomic E-state index is 12.2. The maximum Gasteiger partial charge on any atom is 0.335 e. The van der Waals surface area contributed by atoms with E-state index in [4.69, 9.17) is 11.6 Å². The Morgan fingerprint density at radius 1 is 1.14 bits per heavy atom. The lowest BCUT2D eigenvalue weighted by molar-refractivity contribution is 0.266. The summed E-state index contributed by atoms with van der Waals surface area (Å²) in [5.74, 6) is -0.559. The van der Waals surface area contributed by atoms with Crippen molar-refractivity contribution in [2.45, 2.75) is 12.5 Å². The highest BCUT2D eigenvalue weighted by Gasteiger charge is 2.15. The Morgan fingerprint density at radius 2 is 1.89 bits per heavy atom. The first-order chi connectivity index (χ1) is 13.5. The first-order valence-corrected chi connectivity index (χ1v) is 8.89. The number of aliphatic hydroxyl groups excluding tert-OH is 1. The molecule has 7 nitrogen and oxygen atoms in total. The molecule has 8 heteroatoms. The van der Waals surface area contributed by atoms with E-state index < -0.39 is 23.2 Å². The molecule has 0 aliphatic heterocycles. The Kier molecular flexibility index (Phi) is 6.08. The van der Waals surface area contributed by atoms with Crippen LogP contribution in [0.25, 0.3) is 5.69 Å². The smallest absolute Gasteiger partial charge is 0.335 e. The van der Waals surface area contributed by atoms with Crippen molar-refractivity contribution >= 4 is 17.8 Å². The number of rotatable bonds is 6. The molecule has 28 heavy (non-hydrogen) atoms. The van der Waals surface area contributed by atoms with Crippen LogP contribution in [0.2, 0.25) is 5.02 Å². The van der Waals surface area contributed by atoms with E-state index in [2.05, 4.69) is 9.98 Å². The Balaban J connectivity index is 1.97. The summed E-state index contributed by atoms with van der Waals surface area (Å²) in [5.41, 5.74) is -0.499. The average molecular weight is 400 g/mol. The number of aliphatic hydroxyl groups is 1. The second-order valence-corrected chi connectivity index (χ2v) is 6.55. The number of nitrogens with one attached hydrogen (secondary N) is 1. The van der Waals surface area contributed by atoms with Crippen molar-refractivity contribution in [1.82, 2.24) is 9.55 Å². The fourth-order valence-corrected chi connectivity index (χ4v) is 2.92. The van der Waals surface area contributed by atoms with Gasteiger partial charge in [0.1, 0.15) is 5.56 Å². The first kappa shape index (κ1) is 19.6. The fourth-order valence-electron chi connectivity index (χ4n) is 2.74. The number of aliphatic imine (C=N–C) groups is 1. The fraction of sp³-hybridized carbons (Fsp3) is 0.150. The van der Waals surface area contributed by atoms with Crippen LogP contribution in [-0.2, 0) is 6.42 Å². The minimum absolute atomic E-state index is 0.189. The van der Waals surface area contributed by atoms with E-state index >= 15 is 0 Å². The number of nitrogens with zero attached hydrogens (tertiary/aromatic N) is 2. The number of aromatic hydroxyl groups is 1. The van der Waals surface area contributed by atoms with Crippen LogP contribution in [-0.4, -0.2) is 38.6 Å². The third-order valence-electron chi connectivity index (χ3n) is 4.13. The van der Waals surface area contributed by atoms with Crippen LogP contribution in [0.3, 0.4) is 0 Å². The van der Waals surface area contributed by atoms with Crippen molar-refractivity contribution in [2.24, 2.45) is 4.99 Å². The zero-order chi connectivity index (χ0) is 20.1. The van der Waals surface area contributed by atoms with Gasteiger partial charge in [-0.05, 0) is 30.2 Å². The average Bonchev–Trinajstić information content (AvgIpc) is 2.67. The van der Waals surface area contributed by atoms with Crippen LogP contribution < -0.4 is 11.2 Å². The minimum Gasteiger partial charge on any atom is -0.493 e. The number of halogens is 1. The zero-order valence-electron chi connectivity index (χ0n) is 14.7. The molecule has 0 radical (unpaired) electrons. The Morgan fingerprint density at radius 3 is 2.57 bits per heavy atom. The quantitative estimate of drug-likeness (QED) is 0.550. The van der Waals surface area contributed by atoms with Gasteiger partial charge in [-0.25, -0.2) is 9.36 Å². The Labute approximate surface area is 165 Å². The summed E-state index contributed by atoms with van der Waals surface area (Å²) in [5, 5.41) is 20.5. The number of benzene rings is 2. The van der Waals surface area contributed by atoms with E-state index in [1.807, 2.05) is 30.3 Å². The largest absolute Gasteiger partial charge is 0.493 e. The lowest BCUT2D eigenvalue weighted by Crippen LogP contribution is -2.31. The molecule has 0 saturated heterocycles. The van der Waals surface area contributed by atoms with Crippen molar-refractivity contribution in [2.75, 3.05) is 6.61 Å². The highest BCUT2D eigenvalue weighted by molar-refractivity contribution is 6.30. The topological polar surface area (TPSA) is 108 Å². The summed E-state index contributed by atoms with van der Waals surface area (Å²) in [6, 6.07) is 15.2. The molecule has 1 aromatic heterocycles. The lowest BCUT2D eigenvalue weighted by Gasteiger charge is -2.11. The van der Waals surface area contributed by atoms with Gasteiger partial charge in [0.2, 0.25) is 5.88 Å². The van der Waals surface area contributed by atoms with Crippen LogP contribution >= 0.6 is 11.6 Å². The minimum atomic E-state index is -0.801. The van der Waals surface area contributed by atoms with Crippen LogP contribution in [0.5, 0.6) is 5.88 Å². The van der Waals surface area contributed by atoms with Gasteiger partial charge in [0.15, 0.2) is 0 Å². The van der Waals surface area contributed by atoms with Gasteiger partial charge in [0.25, 0.3) is 5.56 Å². The van der Waals surface area contributed by atoms with Gasteiger partial charge in [-0.1, -0.05) is 48.0 Å². The van der Waals surface area contributed by atoms with Crippen LogP contribution in [0.4, 0.5) is 0 Å². The number of aromatic amines is 1. The van der Waals surface area contributed by atoms with E-state index in [-0.39, 0.29) is 12.2 Å². The maximum absolute atomic E-state index is 12.2. The van der Waals surface area contributed by atoms with E-state index in [9.17, 15) is 19.8 Å². The summed E-state index contributed by atoms with van der Waals surface area (Å²) in [4.78, 5) is 30.7. The molecule has 2 aromatic carbocycles. The van der Waals surface area contributed by atoms with Gasteiger partial charge in [-0.15, -0.1) is 0 Å². The molecule has 0 amide bonds. The third-order valence-corrected chi connectivity index (χ3v) is 4.36. The molecular weight excluding hydrogens is 382 g/mol. The van der Waals surface area contributed by atoms with Crippen molar-refractivity contribution < 1.29 is 10.2 Å². The molecule has 3 N–H and O–H groups in total. The molecule has 0 aliphatic carbocycles. The number of aromatic nitrogens is 2. The highest BCUT2D eigenvalue weighted by atomic mass is 35.5. The van der Waals surface area contributed by atoms with Crippen LogP contribution in [0.15, 0.2) is 69.2 Å². The zero-order valence-corrected chi connectivity index (χ0v) is 15.5. The predicted molar refractivity (Wildman–Crippen MR) is 108 cm³/mol. The van der Waals surface area contributed by atoms with Crippen LogP contribution in [0, 0.1) is 0 Å². The Hall–Kier alpha value is -3.16. The van der Waals surface area contributed by atoms with Crippen molar-refractivity contribution in [3.63, 3.8) is 0 Å². The molecular formula is C20H18ClN3O4. The summed E-state index contributed by atoms with van der Waals surface area (Å²) in [6.07, 6.45) is 1.62. The molecule has 1 heterocycles. The SMILES string of the molecule is O=c1[nH]c(=O)n(-c2cccc(Cl)c2)c(O)c1C=N[C@H](CO)Cc1ccccc1. The number of hydrogen-bond donors (Lipinski definition) is 3.